The maximum atomic E-state index is 12.3. The molecule has 0 saturated carbocycles. The number of rotatable bonds is 5. The Kier molecular flexibility index (Phi) is 5.08. The molecule has 0 fully saturated rings. The van der Waals surface area contributed by atoms with E-state index in [1.54, 1.807) is 25.1 Å². The van der Waals surface area contributed by atoms with Crippen molar-refractivity contribution in [1.29, 1.82) is 0 Å². The first-order valence-electron chi connectivity index (χ1n) is 6.65. The molecule has 23 heavy (non-hydrogen) atoms. The quantitative estimate of drug-likeness (QED) is 0.688. The Morgan fingerprint density at radius 3 is 1.91 bits per heavy atom. The van der Waals surface area contributed by atoms with Crippen LogP contribution in [0.4, 0.5) is 22.0 Å². The largest absolute Gasteiger partial charge is 0.573 e. The predicted octanol–water partition coefficient (Wildman–Crippen LogP) is 5.34. The van der Waals surface area contributed by atoms with E-state index in [2.05, 4.69) is 9.47 Å². The number of benzene rings is 2. The maximum Gasteiger partial charge on any atom is 0.573 e. The zero-order chi connectivity index (χ0) is 17.0. The monoisotopic (exact) mass is 332 g/mol. The summed E-state index contributed by atoms with van der Waals surface area (Å²) in [6.07, 6.45) is -4.77. The topological polar surface area (TPSA) is 18.5 Å². The Labute approximate surface area is 129 Å². The number of halogens is 5. The first-order valence-corrected chi connectivity index (χ1v) is 6.65. The molecule has 0 N–H and O–H groups in total. The van der Waals surface area contributed by atoms with Crippen LogP contribution in [-0.2, 0) is 0 Å². The normalized spacial score (nSPS) is 13.0. The van der Waals surface area contributed by atoms with E-state index < -0.39 is 13.0 Å². The van der Waals surface area contributed by atoms with Gasteiger partial charge in [-0.2, -0.15) is 8.78 Å². The summed E-state index contributed by atoms with van der Waals surface area (Å²) in [5.41, 5.74) is 1.19. The number of hydrogen-bond acceptors (Lipinski definition) is 2. The third kappa shape index (κ3) is 5.12. The van der Waals surface area contributed by atoms with Crippen LogP contribution in [0, 0.1) is 0 Å². The minimum Gasteiger partial charge on any atom is -0.435 e. The van der Waals surface area contributed by atoms with E-state index in [-0.39, 0.29) is 17.4 Å². The molecule has 1 atom stereocenters. The summed E-state index contributed by atoms with van der Waals surface area (Å²) in [4.78, 5) is 0. The lowest BCUT2D eigenvalue weighted by molar-refractivity contribution is -0.274. The smallest absolute Gasteiger partial charge is 0.435 e. The van der Waals surface area contributed by atoms with Crippen molar-refractivity contribution in [1.82, 2.24) is 0 Å². The van der Waals surface area contributed by atoms with Gasteiger partial charge in [-0.05, 0) is 35.4 Å². The molecule has 0 aliphatic carbocycles. The highest BCUT2D eigenvalue weighted by atomic mass is 19.4. The molecule has 124 valence electrons. The minimum atomic E-state index is -4.77. The minimum absolute atomic E-state index is 0.00736. The van der Waals surface area contributed by atoms with E-state index in [0.717, 1.165) is 0 Å². The van der Waals surface area contributed by atoms with Gasteiger partial charge in [-0.15, -0.1) is 13.2 Å². The third-order valence-electron chi connectivity index (χ3n) is 3.17. The van der Waals surface area contributed by atoms with Crippen molar-refractivity contribution in [3.05, 3.63) is 59.7 Å². The average molecular weight is 332 g/mol. The zero-order valence-corrected chi connectivity index (χ0v) is 12.0. The van der Waals surface area contributed by atoms with E-state index in [1.807, 2.05) is 0 Å². The highest BCUT2D eigenvalue weighted by Crippen LogP contribution is 2.31. The average Bonchev–Trinajstić information content (AvgIpc) is 2.44. The Balaban J connectivity index is 2.23. The molecule has 0 heterocycles. The van der Waals surface area contributed by atoms with Gasteiger partial charge in [0, 0.05) is 5.92 Å². The van der Waals surface area contributed by atoms with Crippen molar-refractivity contribution in [2.75, 3.05) is 0 Å². The molecular formula is C16H13F5O2. The van der Waals surface area contributed by atoms with Crippen LogP contribution in [-0.4, -0.2) is 13.0 Å². The van der Waals surface area contributed by atoms with Crippen LogP contribution in [0.15, 0.2) is 48.5 Å². The predicted molar refractivity (Wildman–Crippen MR) is 73.7 cm³/mol. The van der Waals surface area contributed by atoms with Crippen LogP contribution < -0.4 is 9.47 Å². The molecule has 2 aromatic carbocycles. The summed E-state index contributed by atoms with van der Waals surface area (Å²) < 4.78 is 69.5. The van der Waals surface area contributed by atoms with Crippen molar-refractivity contribution in [3.63, 3.8) is 0 Å². The maximum absolute atomic E-state index is 12.3. The van der Waals surface area contributed by atoms with Gasteiger partial charge in [0.1, 0.15) is 11.5 Å². The van der Waals surface area contributed by atoms with Gasteiger partial charge in [-0.3, -0.25) is 0 Å². The molecule has 7 heteroatoms. The second-order valence-electron chi connectivity index (χ2n) is 4.79. The van der Waals surface area contributed by atoms with E-state index in [0.29, 0.717) is 11.1 Å². The summed E-state index contributed by atoms with van der Waals surface area (Å²) in [7, 11) is 0. The Morgan fingerprint density at radius 1 is 0.870 bits per heavy atom. The lowest BCUT2D eigenvalue weighted by atomic mass is 9.93. The second-order valence-corrected chi connectivity index (χ2v) is 4.79. The molecule has 0 radical (unpaired) electrons. The van der Waals surface area contributed by atoms with Gasteiger partial charge in [-0.25, -0.2) is 0 Å². The molecule has 0 amide bonds. The standard InChI is InChI=1S/C16H13F5O2/c1-10(11-4-2-6-13(8-11)22-15(17)18)12-5-3-7-14(9-12)23-16(19,20)21/h2-10,15H,1H3. The fourth-order valence-electron chi connectivity index (χ4n) is 2.13. The SMILES string of the molecule is CC(c1cccc(OC(F)F)c1)c1cccc(OC(F)(F)F)c1. The Bertz CT molecular complexity index is 655. The molecule has 2 rings (SSSR count). The summed E-state index contributed by atoms with van der Waals surface area (Å²) in [5.74, 6) is -0.665. The van der Waals surface area contributed by atoms with Gasteiger partial charge < -0.3 is 9.47 Å². The Morgan fingerprint density at radius 2 is 1.39 bits per heavy atom. The molecule has 1 unspecified atom stereocenters. The van der Waals surface area contributed by atoms with Crippen molar-refractivity contribution in [2.24, 2.45) is 0 Å². The van der Waals surface area contributed by atoms with E-state index >= 15 is 0 Å². The summed E-state index contributed by atoms with van der Waals surface area (Å²) >= 11 is 0. The van der Waals surface area contributed by atoms with Gasteiger partial charge in [-0.1, -0.05) is 31.2 Å². The molecule has 0 saturated heterocycles. The fourth-order valence-corrected chi connectivity index (χ4v) is 2.13. The second kappa shape index (κ2) is 6.85. The third-order valence-corrected chi connectivity index (χ3v) is 3.17. The molecular weight excluding hydrogens is 319 g/mol. The summed E-state index contributed by atoms with van der Waals surface area (Å²) in [6, 6.07) is 11.6. The van der Waals surface area contributed by atoms with E-state index in [1.165, 1.54) is 30.3 Å². The van der Waals surface area contributed by atoms with Crippen molar-refractivity contribution >= 4 is 0 Å². The molecule has 2 nitrogen and oxygen atoms in total. The highest BCUT2D eigenvalue weighted by molar-refractivity contribution is 5.39. The molecule has 0 aromatic heterocycles. The van der Waals surface area contributed by atoms with Crippen molar-refractivity contribution in [2.45, 2.75) is 25.8 Å². The van der Waals surface area contributed by atoms with Crippen LogP contribution in [0.3, 0.4) is 0 Å². The summed E-state index contributed by atoms with van der Waals surface area (Å²) in [5, 5.41) is 0. The van der Waals surface area contributed by atoms with E-state index in [9.17, 15) is 22.0 Å². The first kappa shape index (κ1) is 17.1. The van der Waals surface area contributed by atoms with Crippen LogP contribution in [0.5, 0.6) is 11.5 Å². The lowest BCUT2D eigenvalue weighted by Gasteiger charge is -2.16. The molecule has 0 bridgehead atoms. The summed E-state index contributed by atoms with van der Waals surface area (Å²) in [6.45, 7) is -1.20. The van der Waals surface area contributed by atoms with Gasteiger partial charge in [0.2, 0.25) is 0 Å². The van der Waals surface area contributed by atoms with Gasteiger partial charge >= 0.3 is 13.0 Å². The number of hydrogen-bond donors (Lipinski definition) is 0. The fraction of sp³-hybridized carbons (Fsp3) is 0.250. The molecule has 0 spiro atoms. The van der Waals surface area contributed by atoms with Crippen molar-refractivity contribution in [3.8, 4) is 11.5 Å². The van der Waals surface area contributed by atoms with Crippen molar-refractivity contribution < 1.29 is 31.4 Å². The van der Waals surface area contributed by atoms with Crippen LogP contribution in [0.1, 0.15) is 24.0 Å². The van der Waals surface area contributed by atoms with Crippen LogP contribution in [0.2, 0.25) is 0 Å². The molecule has 0 aliphatic rings. The van der Waals surface area contributed by atoms with Gasteiger partial charge in [0.25, 0.3) is 0 Å². The highest BCUT2D eigenvalue weighted by Gasteiger charge is 2.31. The number of alkyl halides is 5. The van der Waals surface area contributed by atoms with Crippen LogP contribution >= 0.6 is 0 Å². The Hall–Kier alpha value is -2.31. The van der Waals surface area contributed by atoms with Gasteiger partial charge in [0.05, 0.1) is 0 Å². The molecule has 2 aromatic rings. The zero-order valence-electron chi connectivity index (χ0n) is 12.0. The lowest BCUT2D eigenvalue weighted by Crippen LogP contribution is -2.17. The first-order chi connectivity index (χ1) is 10.7. The number of ether oxygens (including phenoxy) is 2. The van der Waals surface area contributed by atoms with Gasteiger partial charge in [0.15, 0.2) is 0 Å². The van der Waals surface area contributed by atoms with Crippen LogP contribution in [0.25, 0.3) is 0 Å². The van der Waals surface area contributed by atoms with E-state index in [4.69, 9.17) is 0 Å². The molecule has 0 aliphatic heterocycles.